The standard InChI is InChI=1S/C14H20BrNO2/c1-3-4-9-13(14(17)18-2)16-10-11-7-5-6-8-12(11)15/h5-8,13,16H,3-4,9-10H2,1-2H3. The van der Waals surface area contributed by atoms with Crippen molar-refractivity contribution in [3.8, 4) is 0 Å². The van der Waals surface area contributed by atoms with Crippen molar-refractivity contribution in [2.75, 3.05) is 7.11 Å². The number of esters is 1. The topological polar surface area (TPSA) is 38.3 Å². The first kappa shape index (κ1) is 15.2. The van der Waals surface area contributed by atoms with Gasteiger partial charge < -0.3 is 10.1 Å². The molecule has 100 valence electrons. The SMILES string of the molecule is CCCCC(NCc1ccccc1Br)C(=O)OC. The average molecular weight is 314 g/mol. The Morgan fingerprint density at radius 2 is 2.17 bits per heavy atom. The van der Waals surface area contributed by atoms with Crippen molar-refractivity contribution in [1.82, 2.24) is 5.32 Å². The van der Waals surface area contributed by atoms with E-state index in [2.05, 4.69) is 28.2 Å². The van der Waals surface area contributed by atoms with Crippen LogP contribution < -0.4 is 5.32 Å². The van der Waals surface area contributed by atoms with Gasteiger partial charge in [-0.05, 0) is 18.1 Å². The maximum Gasteiger partial charge on any atom is 0.322 e. The normalized spacial score (nSPS) is 12.2. The van der Waals surface area contributed by atoms with Gasteiger partial charge in [-0.3, -0.25) is 4.79 Å². The van der Waals surface area contributed by atoms with Gasteiger partial charge in [-0.25, -0.2) is 0 Å². The van der Waals surface area contributed by atoms with Crippen LogP contribution in [0, 0.1) is 0 Å². The van der Waals surface area contributed by atoms with E-state index in [0.29, 0.717) is 6.54 Å². The van der Waals surface area contributed by atoms with Gasteiger partial charge in [-0.15, -0.1) is 0 Å². The van der Waals surface area contributed by atoms with E-state index in [9.17, 15) is 4.79 Å². The second kappa shape index (κ2) is 8.27. The predicted octanol–water partition coefficient (Wildman–Crippen LogP) is 3.27. The number of unbranched alkanes of at least 4 members (excludes halogenated alkanes) is 1. The lowest BCUT2D eigenvalue weighted by molar-refractivity contribution is -0.143. The Kier molecular flexibility index (Phi) is 6.98. The highest BCUT2D eigenvalue weighted by atomic mass is 79.9. The molecular formula is C14H20BrNO2. The number of ether oxygens (including phenoxy) is 1. The molecule has 0 saturated heterocycles. The fourth-order valence-electron chi connectivity index (χ4n) is 1.73. The minimum absolute atomic E-state index is 0.185. The smallest absolute Gasteiger partial charge is 0.322 e. The molecule has 0 radical (unpaired) electrons. The second-order valence-electron chi connectivity index (χ2n) is 4.19. The second-order valence-corrected chi connectivity index (χ2v) is 5.04. The third-order valence-corrected chi connectivity index (χ3v) is 3.60. The summed E-state index contributed by atoms with van der Waals surface area (Å²) in [7, 11) is 1.43. The minimum Gasteiger partial charge on any atom is -0.468 e. The van der Waals surface area contributed by atoms with Crippen LogP contribution in [0.15, 0.2) is 28.7 Å². The molecule has 1 atom stereocenters. The Balaban J connectivity index is 2.56. The number of carbonyl (C=O) groups is 1. The Morgan fingerprint density at radius 3 is 2.78 bits per heavy atom. The number of halogens is 1. The molecule has 1 aromatic rings. The van der Waals surface area contributed by atoms with E-state index in [0.717, 1.165) is 29.3 Å². The summed E-state index contributed by atoms with van der Waals surface area (Å²) in [4.78, 5) is 11.6. The largest absolute Gasteiger partial charge is 0.468 e. The third-order valence-electron chi connectivity index (χ3n) is 2.83. The summed E-state index contributed by atoms with van der Waals surface area (Å²) in [6.45, 7) is 2.77. The number of hydrogen-bond donors (Lipinski definition) is 1. The van der Waals surface area contributed by atoms with Gasteiger partial charge >= 0.3 is 5.97 Å². The maximum absolute atomic E-state index is 11.6. The van der Waals surface area contributed by atoms with Gasteiger partial charge in [0.25, 0.3) is 0 Å². The van der Waals surface area contributed by atoms with Gasteiger partial charge in [0.15, 0.2) is 0 Å². The van der Waals surface area contributed by atoms with E-state index in [4.69, 9.17) is 4.74 Å². The summed E-state index contributed by atoms with van der Waals surface area (Å²) >= 11 is 3.50. The summed E-state index contributed by atoms with van der Waals surface area (Å²) in [5.41, 5.74) is 1.14. The summed E-state index contributed by atoms with van der Waals surface area (Å²) in [6.07, 6.45) is 2.90. The first-order valence-electron chi connectivity index (χ1n) is 6.23. The zero-order chi connectivity index (χ0) is 13.4. The minimum atomic E-state index is -0.220. The van der Waals surface area contributed by atoms with E-state index in [-0.39, 0.29) is 12.0 Å². The summed E-state index contributed by atoms with van der Waals surface area (Å²) < 4.78 is 5.87. The number of nitrogens with one attached hydrogen (secondary N) is 1. The van der Waals surface area contributed by atoms with Crippen LogP contribution in [-0.4, -0.2) is 19.1 Å². The number of benzene rings is 1. The van der Waals surface area contributed by atoms with Gasteiger partial charge in [-0.2, -0.15) is 0 Å². The monoisotopic (exact) mass is 313 g/mol. The highest BCUT2D eigenvalue weighted by molar-refractivity contribution is 9.10. The van der Waals surface area contributed by atoms with Crippen LogP contribution in [-0.2, 0) is 16.1 Å². The lowest BCUT2D eigenvalue weighted by Crippen LogP contribution is -2.37. The molecule has 0 aromatic heterocycles. The molecule has 0 amide bonds. The van der Waals surface area contributed by atoms with E-state index < -0.39 is 0 Å². The average Bonchev–Trinajstić information content (AvgIpc) is 2.40. The number of methoxy groups -OCH3 is 1. The van der Waals surface area contributed by atoms with Gasteiger partial charge in [0, 0.05) is 11.0 Å². The predicted molar refractivity (Wildman–Crippen MR) is 76.3 cm³/mol. The number of hydrogen-bond acceptors (Lipinski definition) is 3. The molecule has 1 N–H and O–H groups in total. The molecule has 0 heterocycles. The zero-order valence-electron chi connectivity index (χ0n) is 10.9. The summed E-state index contributed by atoms with van der Waals surface area (Å²) in [6, 6.07) is 7.77. The molecule has 0 saturated carbocycles. The fourth-order valence-corrected chi connectivity index (χ4v) is 2.15. The van der Waals surface area contributed by atoms with Crippen LogP contribution in [0.3, 0.4) is 0 Å². The number of rotatable bonds is 7. The molecule has 0 bridgehead atoms. The molecule has 0 fully saturated rings. The zero-order valence-corrected chi connectivity index (χ0v) is 12.5. The van der Waals surface area contributed by atoms with Gasteiger partial charge in [0.05, 0.1) is 7.11 Å². The van der Waals surface area contributed by atoms with Crippen LogP contribution >= 0.6 is 15.9 Å². The Hall–Kier alpha value is -0.870. The van der Waals surface area contributed by atoms with E-state index in [1.807, 2.05) is 24.3 Å². The van der Waals surface area contributed by atoms with Crippen LogP contribution in [0.2, 0.25) is 0 Å². The van der Waals surface area contributed by atoms with Gasteiger partial charge in [0.1, 0.15) is 6.04 Å². The molecule has 0 aliphatic rings. The van der Waals surface area contributed by atoms with Crippen molar-refractivity contribution in [2.45, 2.75) is 38.8 Å². The Labute approximate surface area is 117 Å². The van der Waals surface area contributed by atoms with E-state index in [1.165, 1.54) is 7.11 Å². The molecule has 1 rings (SSSR count). The third kappa shape index (κ3) is 4.78. The maximum atomic E-state index is 11.6. The first-order chi connectivity index (χ1) is 8.69. The van der Waals surface area contributed by atoms with Crippen molar-refractivity contribution in [3.05, 3.63) is 34.3 Å². The van der Waals surface area contributed by atoms with Crippen molar-refractivity contribution in [1.29, 1.82) is 0 Å². The molecule has 0 aliphatic heterocycles. The Bertz CT molecular complexity index is 382. The van der Waals surface area contributed by atoms with Gasteiger partial charge in [0.2, 0.25) is 0 Å². The van der Waals surface area contributed by atoms with Crippen molar-refractivity contribution in [2.24, 2.45) is 0 Å². The fraction of sp³-hybridized carbons (Fsp3) is 0.500. The number of carbonyl (C=O) groups excluding carboxylic acids is 1. The quantitative estimate of drug-likeness (QED) is 0.785. The lowest BCUT2D eigenvalue weighted by atomic mass is 10.1. The summed E-state index contributed by atoms with van der Waals surface area (Å²) in [5.74, 6) is -0.185. The molecule has 1 unspecified atom stereocenters. The first-order valence-corrected chi connectivity index (χ1v) is 7.03. The highest BCUT2D eigenvalue weighted by Crippen LogP contribution is 2.16. The molecule has 3 nitrogen and oxygen atoms in total. The summed E-state index contributed by atoms with van der Waals surface area (Å²) in [5, 5.41) is 3.26. The molecule has 18 heavy (non-hydrogen) atoms. The molecule has 1 aromatic carbocycles. The van der Waals surface area contributed by atoms with E-state index >= 15 is 0 Å². The molecule has 4 heteroatoms. The van der Waals surface area contributed by atoms with E-state index in [1.54, 1.807) is 0 Å². The highest BCUT2D eigenvalue weighted by Gasteiger charge is 2.17. The Morgan fingerprint density at radius 1 is 1.44 bits per heavy atom. The molecule has 0 aliphatic carbocycles. The van der Waals surface area contributed by atoms with Crippen molar-refractivity contribution >= 4 is 21.9 Å². The van der Waals surface area contributed by atoms with Crippen LogP contribution in [0.1, 0.15) is 31.7 Å². The lowest BCUT2D eigenvalue weighted by Gasteiger charge is -2.16. The van der Waals surface area contributed by atoms with Crippen molar-refractivity contribution < 1.29 is 9.53 Å². The van der Waals surface area contributed by atoms with Crippen LogP contribution in [0.4, 0.5) is 0 Å². The van der Waals surface area contributed by atoms with Gasteiger partial charge in [-0.1, -0.05) is 53.9 Å². The molecule has 0 spiro atoms. The van der Waals surface area contributed by atoms with Crippen LogP contribution in [0.25, 0.3) is 0 Å². The molecular weight excluding hydrogens is 294 g/mol. The van der Waals surface area contributed by atoms with Crippen LogP contribution in [0.5, 0.6) is 0 Å². The van der Waals surface area contributed by atoms with Crippen molar-refractivity contribution in [3.63, 3.8) is 0 Å².